The molecule has 0 amide bonds. The quantitative estimate of drug-likeness (QED) is 0.576. The van der Waals surface area contributed by atoms with Crippen molar-refractivity contribution in [2.75, 3.05) is 6.61 Å². The van der Waals surface area contributed by atoms with Gasteiger partial charge in [-0.15, -0.1) is 0 Å². The summed E-state index contributed by atoms with van der Waals surface area (Å²) in [5, 5.41) is 3.40. The average molecular weight is 233 g/mol. The molecule has 0 bridgehead atoms. The third kappa shape index (κ3) is 6.25. The van der Waals surface area contributed by atoms with E-state index < -0.39 is 0 Å². The van der Waals surface area contributed by atoms with Gasteiger partial charge in [-0.3, -0.25) is 0 Å². The number of hydrogen-bond acceptors (Lipinski definition) is 2. The molecule has 1 N–H and O–H groups in total. The van der Waals surface area contributed by atoms with Gasteiger partial charge < -0.3 is 10.1 Å². The fourth-order valence-electron chi connectivity index (χ4n) is 1.42. The van der Waals surface area contributed by atoms with Crippen molar-refractivity contribution in [2.45, 2.75) is 40.0 Å². The Balaban J connectivity index is 2.34. The van der Waals surface area contributed by atoms with Crippen molar-refractivity contribution < 1.29 is 4.74 Å². The van der Waals surface area contributed by atoms with Crippen LogP contribution in [0.1, 0.15) is 31.9 Å². The van der Waals surface area contributed by atoms with Crippen molar-refractivity contribution in [2.24, 2.45) is 0 Å². The topological polar surface area (TPSA) is 21.3 Å². The van der Waals surface area contributed by atoms with E-state index in [0.29, 0.717) is 19.3 Å². The predicted molar refractivity (Wildman–Crippen MR) is 72.9 cm³/mol. The second-order valence-corrected chi connectivity index (χ2v) is 4.44. The Kier molecular flexibility index (Phi) is 6.60. The van der Waals surface area contributed by atoms with Gasteiger partial charge in [-0.25, -0.2) is 0 Å². The summed E-state index contributed by atoms with van der Waals surface area (Å²) in [5.74, 6) is 0. The fourth-order valence-corrected chi connectivity index (χ4v) is 1.42. The first-order valence-corrected chi connectivity index (χ1v) is 6.22. The lowest BCUT2D eigenvalue weighted by atomic mass is 10.1. The molecule has 1 aromatic rings. The molecule has 0 heterocycles. The van der Waals surface area contributed by atoms with Crippen molar-refractivity contribution in [3.63, 3.8) is 0 Å². The summed E-state index contributed by atoms with van der Waals surface area (Å²) in [7, 11) is 0. The van der Waals surface area contributed by atoms with Crippen LogP contribution in [0.25, 0.3) is 0 Å². The summed E-state index contributed by atoms with van der Waals surface area (Å²) in [6, 6.07) is 9.10. The van der Waals surface area contributed by atoms with E-state index in [1.54, 1.807) is 0 Å². The van der Waals surface area contributed by atoms with Crippen LogP contribution in [-0.4, -0.2) is 12.6 Å². The van der Waals surface area contributed by atoms with Crippen molar-refractivity contribution in [3.8, 4) is 0 Å². The molecule has 0 atom stereocenters. The zero-order valence-corrected chi connectivity index (χ0v) is 11.1. The standard InChI is InChI=1S/C15H23NO/c1-4-5-10-17-12-15-8-6-14(7-9-15)11-16-13(2)3/h4-9,13,16H,10-12H2,1-3H3. The molecule has 0 spiro atoms. The van der Waals surface area contributed by atoms with Gasteiger partial charge in [-0.1, -0.05) is 50.3 Å². The van der Waals surface area contributed by atoms with Gasteiger partial charge in [-0.05, 0) is 18.1 Å². The van der Waals surface area contributed by atoms with Crippen LogP contribution in [0.2, 0.25) is 0 Å². The molecule has 17 heavy (non-hydrogen) atoms. The van der Waals surface area contributed by atoms with Crippen LogP contribution in [0.15, 0.2) is 36.4 Å². The number of nitrogens with one attached hydrogen (secondary N) is 1. The summed E-state index contributed by atoms with van der Waals surface area (Å²) < 4.78 is 5.50. The van der Waals surface area contributed by atoms with E-state index in [9.17, 15) is 0 Å². The van der Waals surface area contributed by atoms with E-state index in [1.165, 1.54) is 11.1 Å². The van der Waals surface area contributed by atoms with E-state index in [0.717, 1.165) is 6.54 Å². The number of rotatable bonds is 7. The molecule has 1 rings (SSSR count). The molecule has 94 valence electrons. The van der Waals surface area contributed by atoms with Gasteiger partial charge in [0, 0.05) is 12.6 Å². The molecule has 0 radical (unpaired) electrons. The van der Waals surface area contributed by atoms with E-state index in [-0.39, 0.29) is 0 Å². The van der Waals surface area contributed by atoms with Crippen molar-refractivity contribution in [3.05, 3.63) is 47.5 Å². The Labute approximate surface area is 105 Å². The van der Waals surface area contributed by atoms with Gasteiger partial charge in [0.1, 0.15) is 0 Å². The maximum atomic E-state index is 5.50. The minimum absolute atomic E-state index is 0.527. The molecule has 0 aliphatic carbocycles. The van der Waals surface area contributed by atoms with Crippen LogP contribution in [0, 0.1) is 0 Å². The summed E-state index contributed by atoms with van der Waals surface area (Å²) in [6.45, 7) is 8.61. The Morgan fingerprint density at radius 2 is 1.82 bits per heavy atom. The van der Waals surface area contributed by atoms with E-state index >= 15 is 0 Å². The van der Waals surface area contributed by atoms with Crippen LogP contribution in [-0.2, 0) is 17.9 Å². The SMILES string of the molecule is CC=CCOCc1ccc(CNC(C)C)cc1. The first-order valence-electron chi connectivity index (χ1n) is 6.22. The van der Waals surface area contributed by atoms with Crippen molar-refractivity contribution in [1.29, 1.82) is 0 Å². The molecule has 2 nitrogen and oxygen atoms in total. The van der Waals surface area contributed by atoms with Crippen LogP contribution >= 0.6 is 0 Å². The van der Waals surface area contributed by atoms with E-state index in [4.69, 9.17) is 4.74 Å². The highest BCUT2D eigenvalue weighted by atomic mass is 16.5. The molecule has 0 aromatic heterocycles. The molecule has 0 saturated carbocycles. The maximum absolute atomic E-state index is 5.50. The lowest BCUT2D eigenvalue weighted by Gasteiger charge is -2.08. The zero-order chi connectivity index (χ0) is 12.5. The lowest BCUT2D eigenvalue weighted by Crippen LogP contribution is -2.21. The summed E-state index contributed by atoms with van der Waals surface area (Å²) in [4.78, 5) is 0. The lowest BCUT2D eigenvalue weighted by molar-refractivity contribution is 0.148. The van der Waals surface area contributed by atoms with Gasteiger partial charge in [0.15, 0.2) is 0 Å². The number of allylic oxidation sites excluding steroid dienone is 1. The van der Waals surface area contributed by atoms with Gasteiger partial charge in [0.05, 0.1) is 13.2 Å². The minimum Gasteiger partial charge on any atom is -0.373 e. The zero-order valence-electron chi connectivity index (χ0n) is 11.1. The Morgan fingerprint density at radius 3 is 2.41 bits per heavy atom. The highest BCUT2D eigenvalue weighted by Gasteiger charge is 1.96. The fraction of sp³-hybridized carbons (Fsp3) is 0.467. The van der Waals surface area contributed by atoms with Crippen LogP contribution < -0.4 is 5.32 Å². The summed E-state index contributed by atoms with van der Waals surface area (Å²) in [6.07, 6.45) is 4.02. The van der Waals surface area contributed by atoms with Crippen molar-refractivity contribution >= 4 is 0 Å². The van der Waals surface area contributed by atoms with E-state index in [2.05, 4.69) is 43.4 Å². The molecule has 2 heteroatoms. The third-order valence-electron chi connectivity index (χ3n) is 2.46. The van der Waals surface area contributed by atoms with Gasteiger partial charge in [0.25, 0.3) is 0 Å². The highest BCUT2D eigenvalue weighted by Crippen LogP contribution is 2.06. The highest BCUT2D eigenvalue weighted by molar-refractivity contribution is 5.21. The number of benzene rings is 1. The Morgan fingerprint density at radius 1 is 1.18 bits per heavy atom. The van der Waals surface area contributed by atoms with Crippen LogP contribution in [0.4, 0.5) is 0 Å². The monoisotopic (exact) mass is 233 g/mol. The number of ether oxygens (including phenoxy) is 1. The smallest absolute Gasteiger partial charge is 0.0721 e. The largest absolute Gasteiger partial charge is 0.373 e. The molecule has 0 fully saturated rings. The Bertz CT molecular complexity index is 327. The first kappa shape index (κ1) is 13.9. The predicted octanol–water partition coefficient (Wildman–Crippen LogP) is 3.28. The van der Waals surface area contributed by atoms with Crippen LogP contribution in [0.3, 0.4) is 0 Å². The van der Waals surface area contributed by atoms with Crippen LogP contribution in [0.5, 0.6) is 0 Å². The maximum Gasteiger partial charge on any atom is 0.0721 e. The normalized spacial score (nSPS) is 11.5. The second kappa shape index (κ2) is 8.04. The molecule has 0 aliphatic rings. The van der Waals surface area contributed by atoms with Gasteiger partial charge in [0.2, 0.25) is 0 Å². The third-order valence-corrected chi connectivity index (χ3v) is 2.46. The molecule has 0 aliphatic heterocycles. The van der Waals surface area contributed by atoms with Gasteiger partial charge in [-0.2, -0.15) is 0 Å². The first-order chi connectivity index (χ1) is 8.22. The molecule has 1 aromatic carbocycles. The average Bonchev–Trinajstić information content (AvgIpc) is 2.33. The van der Waals surface area contributed by atoms with E-state index in [1.807, 2.05) is 19.1 Å². The summed E-state index contributed by atoms with van der Waals surface area (Å²) in [5.41, 5.74) is 2.54. The van der Waals surface area contributed by atoms with Gasteiger partial charge >= 0.3 is 0 Å². The second-order valence-electron chi connectivity index (χ2n) is 4.44. The number of hydrogen-bond donors (Lipinski definition) is 1. The molecule has 0 saturated heterocycles. The molecule has 0 unspecified atom stereocenters. The molecular weight excluding hydrogens is 210 g/mol. The van der Waals surface area contributed by atoms with Crippen molar-refractivity contribution in [1.82, 2.24) is 5.32 Å². The Hall–Kier alpha value is -1.12. The summed E-state index contributed by atoms with van der Waals surface area (Å²) >= 11 is 0. The minimum atomic E-state index is 0.527. The molecular formula is C15H23NO.